The fourth-order valence-corrected chi connectivity index (χ4v) is 1.83. The summed E-state index contributed by atoms with van der Waals surface area (Å²) < 4.78 is 1.45. The molecule has 110 valence electrons. The second-order valence-corrected chi connectivity index (χ2v) is 4.46. The van der Waals surface area contributed by atoms with Crippen LogP contribution in [0.25, 0.3) is 0 Å². The molecule has 22 heavy (non-hydrogen) atoms. The number of nitrogens with one attached hydrogen (secondary N) is 1. The first-order chi connectivity index (χ1) is 10.5. The van der Waals surface area contributed by atoms with Gasteiger partial charge in [-0.15, -0.1) is 0 Å². The van der Waals surface area contributed by atoms with E-state index in [1.807, 2.05) is 0 Å². The van der Waals surface area contributed by atoms with Gasteiger partial charge in [0.05, 0.1) is 11.8 Å². The molecule has 7 nitrogen and oxygen atoms in total. The lowest BCUT2D eigenvalue weighted by Crippen LogP contribution is -2.34. The molecule has 0 spiro atoms. The lowest BCUT2D eigenvalue weighted by molar-refractivity contribution is -0.126. The van der Waals surface area contributed by atoms with E-state index in [1.165, 1.54) is 22.9 Å². The molecule has 0 aliphatic heterocycles. The van der Waals surface area contributed by atoms with E-state index in [0.29, 0.717) is 0 Å². The predicted molar refractivity (Wildman–Crippen MR) is 76.7 cm³/mol. The standard InChI is InChI=1S/C15H12N4O3/c1-19-8-4-5-11(19)14(21)13(20)10(9-16)15(22)18-12-6-2-3-7-17-12/h2-8,10H,1H3,(H,17,18,22). The number of ketones is 2. The minimum Gasteiger partial charge on any atom is -0.348 e. The van der Waals surface area contributed by atoms with Crippen LogP contribution in [0.2, 0.25) is 0 Å². The number of Topliss-reactive ketones (excluding diaryl/α,β-unsaturated/α-hetero) is 2. The van der Waals surface area contributed by atoms with Crippen molar-refractivity contribution in [3.05, 3.63) is 48.4 Å². The van der Waals surface area contributed by atoms with Gasteiger partial charge in [-0.3, -0.25) is 14.4 Å². The largest absolute Gasteiger partial charge is 0.348 e. The number of nitrogens with zero attached hydrogens (tertiary/aromatic N) is 3. The van der Waals surface area contributed by atoms with Crippen molar-refractivity contribution in [2.24, 2.45) is 13.0 Å². The molecule has 1 amide bonds. The Morgan fingerprint density at radius 3 is 2.59 bits per heavy atom. The summed E-state index contributed by atoms with van der Waals surface area (Å²) >= 11 is 0. The van der Waals surface area contributed by atoms with Crippen molar-refractivity contribution in [2.45, 2.75) is 0 Å². The highest BCUT2D eigenvalue weighted by molar-refractivity contribution is 6.47. The number of anilines is 1. The van der Waals surface area contributed by atoms with Crippen LogP contribution in [-0.2, 0) is 16.6 Å². The Balaban J connectivity index is 2.16. The van der Waals surface area contributed by atoms with Gasteiger partial charge < -0.3 is 9.88 Å². The summed E-state index contributed by atoms with van der Waals surface area (Å²) in [5.41, 5.74) is 0.121. The Morgan fingerprint density at radius 2 is 2.05 bits per heavy atom. The van der Waals surface area contributed by atoms with E-state index < -0.39 is 23.4 Å². The summed E-state index contributed by atoms with van der Waals surface area (Å²) in [6.45, 7) is 0. The number of aromatic nitrogens is 2. The molecule has 7 heteroatoms. The van der Waals surface area contributed by atoms with Crippen molar-refractivity contribution in [2.75, 3.05) is 5.32 Å². The average molecular weight is 296 g/mol. The fourth-order valence-electron chi connectivity index (χ4n) is 1.83. The average Bonchev–Trinajstić information content (AvgIpc) is 2.94. The molecular formula is C15H12N4O3. The third-order valence-corrected chi connectivity index (χ3v) is 2.97. The van der Waals surface area contributed by atoms with Gasteiger partial charge in [-0.2, -0.15) is 5.26 Å². The van der Waals surface area contributed by atoms with E-state index in [9.17, 15) is 14.4 Å². The molecule has 0 saturated heterocycles. The van der Waals surface area contributed by atoms with Crippen LogP contribution in [0.4, 0.5) is 5.82 Å². The van der Waals surface area contributed by atoms with Gasteiger partial charge >= 0.3 is 0 Å². The van der Waals surface area contributed by atoms with Crippen LogP contribution in [0.3, 0.4) is 0 Å². The SMILES string of the molecule is Cn1cccc1C(=O)C(=O)C(C#N)C(=O)Nc1ccccn1. The van der Waals surface area contributed by atoms with Crippen LogP contribution in [0.1, 0.15) is 10.5 Å². The van der Waals surface area contributed by atoms with Crippen molar-refractivity contribution in [1.29, 1.82) is 5.26 Å². The van der Waals surface area contributed by atoms with Gasteiger partial charge in [-0.25, -0.2) is 4.98 Å². The Bertz CT molecular complexity index is 759. The van der Waals surface area contributed by atoms with Crippen LogP contribution in [0.5, 0.6) is 0 Å². The first kappa shape index (κ1) is 15.1. The quantitative estimate of drug-likeness (QED) is 0.502. The van der Waals surface area contributed by atoms with Gasteiger partial charge in [-0.05, 0) is 24.3 Å². The van der Waals surface area contributed by atoms with Crippen molar-refractivity contribution >= 4 is 23.3 Å². The number of rotatable bonds is 5. The third kappa shape index (κ3) is 3.07. The fraction of sp³-hybridized carbons (Fsp3) is 0.133. The molecule has 0 aliphatic rings. The van der Waals surface area contributed by atoms with Gasteiger partial charge in [0, 0.05) is 19.4 Å². The van der Waals surface area contributed by atoms with E-state index in [0.717, 1.165) is 0 Å². The molecule has 0 saturated carbocycles. The number of carbonyl (C=O) groups is 3. The van der Waals surface area contributed by atoms with Crippen LogP contribution in [-0.4, -0.2) is 27.0 Å². The Labute approximate surface area is 126 Å². The zero-order valence-electron chi connectivity index (χ0n) is 11.7. The highest BCUT2D eigenvalue weighted by Gasteiger charge is 2.33. The molecule has 1 N–H and O–H groups in total. The number of carbonyl (C=O) groups excluding carboxylic acids is 3. The smallest absolute Gasteiger partial charge is 0.251 e. The van der Waals surface area contributed by atoms with Gasteiger partial charge in [0.2, 0.25) is 11.6 Å². The maximum atomic E-state index is 12.1. The second kappa shape index (κ2) is 6.45. The summed E-state index contributed by atoms with van der Waals surface area (Å²) in [5.74, 6) is -4.35. The number of hydrogen-bond acceptors (Lipinski definition) is 5. The zero-order chi connectivity index (χ0) is 16.1. The first-order valence-electron chi connectivity index (χ1n) is 6.36. The maximum absolute atomic E-state index is 12.1. The third-order valence-electron chi connectivity index (χ3n) is 2.97. The lowest BCUT2D eigenvalue weighted by Gasteiger charge is -2.08. The van der Waals surface area contributed by atoms with E-state index in [-0.39, 0.29) is 11.5 Å². The van der Waals surface area contributed by atoms with E-state index in [4.69, 9.17) is 5.26 Å². The molecule has 0 bridgehead atoms. The number of pyridine rings is 1. The summed E-state index contributed by atoms with van der Waals surface area (Å²) in [5, 5.41) is 11.4. The van der Waals surface area contributed by atoms with Crippen LogP contribution >= 0.6 is 0 Å². The Hall–Kier alpha value is -3.27. The van der Waals surface area contributed by atoms with Crippen LogP contribution in [0.15, 0.2) is 42.7 Å². The van der Waals surface area contributed by atoms with Crippen molar-refractivity contribution in [3.8, 4) is 6.07 Å². The molecule has 1 atom stereocenters. The predicted octanol–water partition coefficient (Wildman–Crippen LogP) is 0.950. The van der Waals surface area contributed by atoms with E-state index in [1.54, 1.807) is 37.5 Å². The zero-order valence-corrected chi connectivity index (χ0v) is 11.7. The van der Waals surface area contributed by atoms with E-state index >= 15 is 0 Å². The number of hydrogen-bond donors (Lipinski definition) is 1. The van der Waals surface area contributed by atoms with Crippen LogP contribution < -0.4 is 5.32 Å². The summed E-state index contributed by atoms with van der Waals surface area (Å²) in [6, 6.07) is 9.41. The van der Waals surface area contributed by atoms with Crippen molar-refractivity contribution in [1.82, 2.24) is 9.55 Å². The summed E-state index contributed by atoms with van der Waals surface area (Å²) in [4.78, 5) is 40.0. The number of nitriles is 1. The molecule has 2 rings (SSSR count). The molecule has 0 fully saturated rings. The summed E-state index contributed by atoms with van der Waals surface area (Å²) in [6.07, 6.45) is 3.05. The molecule has 2 heterocycles. The Morgan fingerprint density at radius 1 is 1.27 bits per heavy atom. The van der Waals surface area contributed by atoms with Crippen LogP contribution in [0, 0.1) is 17.2 Å². The molecule has 0 aromatic carbocycles. The highest BCUT2D eigenvalue weighted by atomic mass is 16.2. The van der Waals surface area contributed by atoms with Crippen molar-refractivity contribution in [3.63, 3.8) is 0 Å². The first-order valence-corrected chi connectivity index (χ1v) is 6.36. The molecule has 2 aromatic rings. The van der Waals surface area contributed by atoms with Gasteiger partial charge in [0.25, 0.3) is 5.91 Å². The lowest BCUT2D eigenvalue weighted by atomic mass is 9.99. The maximum Gasteiger partial charge on any atom is 0.251 e. The molecule has 0 radical (unpaired) electrons. The monoisotopic (exact) mass is 296 g/mol. The molecule has 1 unspecified atom stereocenters. The van der Waals surface area contributed by atoms with Crippen molar-refractivity contribution < 1.29 is 14.4 Å². The van der Waals surface area contributed by atoms with Gasteiger partial charge in [-0.1, -0.05) is 6.07 Å². The minimum absolute atomic E-state index is 0.121. The topological polar surface area (TPSA) is 105 Å². The summed E-state index contributed by atoms with van der Waals surface area (Å²) in [7, 11) is 1.59. The number of amides is 1. The highest BCUT2D eigenvalue weighted by Crippen LogP contribution is 2.10. The van der Waals surface area contributed by atoms with Gasteiger partial charge in [0.1, 0.15) is 5.82 Å². The molecule has 2 aromatic heterocycles. The second-order valence-electron chi connectivity index (χ2n) is 4.46. The minimum atomic E-state index is -1.72. The normalized spacial score (nSPS) is 11.3. The van der Waals surface area contributed by atoms with Gasteiger partial charge in [0.15, 0.2) is 5.92 Å². The molecule has 0 aliphatic carbocycles. The Kier molecular flexibility index (Phi) is 4.44. The molecular weight excluding hydrogens is 284 g/mol. The van der Waals surface area contributed by atoms with E-state index in [2.05, 4.69) is 10.3 Å². The number of aryl methyl sites for hydroxylation is 1.